The Morgan fingerprint density at radius 3 is 2.73 bits per heavy atom. The van der Waals surface area contributed by atoms with Crippen LogP contribution in [0.5, 0.6) is 0 Å². The van der Waals surface area contributed by atoms with E-state index in [9.17, 15) is 22.8 Å². The van der Waals surface area contributed by atoms with Gasteiger partial charge in [0.2, 0.25) is 0 Å². The molecule has 0 spiro atoms. The first-order valence-electron chi connectivity index (χ1n) is 13.0. The lowest BCUT2D eigenvalue weighted by Crippen LogP contribution is -2.42. The zero-order valence-corrected chi connectivity index (χ0v) is 20.8. The standard InChI is InChI=1S/C27H33F3N4O3/c28-27(29,30)22-11-24-16-32(7-8-34(24)26(36)12-22)17-25(35)10-21-15-33(23-5-9-37-18-23)14-20(21)4-3-19-2-1-6-31-13-19/h1-2,6,11-13,20-21,23H,3-5,7-10,14-18H2/t20-,21?,23?/m0/s1. The molecule has 7 nitrogen and oxygen atoms in total. The third-order valence-corrected chi connectivity index (χ3v) is 8.01. The highest BCUT2D eigenvalue weighted by Crippen LogP contribution is 2.33. The van der Waals surface area contributed by atoms with E-state index < -0.39 is 17.3 Å². The number of alkyl halides is 3. The maximum Gasteiger partial charge on any atom is 0.416 e. The highest BCUT2D eigenvalue weighted by molar-refractivity contribution is 5.80. The number of carbonyl (C=O) groups excluding carboxylic acids is 1. The molecule has 0 N–H and O–H groups in total. The van der Waals surface area contributed by atoms with Crippen LogP contribution in [-0.4, -0.2) is 70.6 Å². The summed E-state index contributed by atoms with van der Waals surface area (Å²) in [7, 11) is 0. The predicted octanol–water partition coefficient (Wildman–Crippen LogP) is 3.01. The van der Waals surface area contributed by atoms with E-state index >= 15 is 0 Å². The maximum absolute atomic E-state index is 13.2. The van der Waals surface area contributed by atoms with Gasteiger partial charge >= 0.3 is 6.18 Å². The van der Waals surface area contributed by atoms with E-state index in [-0.39, 0.29) is 31.3 Å². The van der Waals surface area contributed by atoms with Gasteiger partial charge in [-0.1, -0.05) is 6.07 Å². The summed E-state index contributed by atoms with van der Waals surface area (Å²) in [5.41, 5.74) is -0.0818. The van der Waals surface area contributed by atoms with E-state index in [0.717, 1.165) is 51.6 Å². The summed E-state index contributed by atoms with van der Waals surface area (Å²) < 4.78 is 46.6. The molecule has 0 radical (unpaired) electrons. The monoisotopic (exact) mass is 518 g/mol. The third-order valence-electron chi connectivity index (χ3n) is 8.01. The molecule has 5 rings (SSSR count). The van der Waals surface area contributed by atoms with Gasteiger partial charge < -0.3 is 9.30 Å². The number of aromatic nitrogens is 2. The summed E-state index contributed by atoms with van der Waals surface area (Å²) in [6.07, 6.45) is 2.45. The van der Waals surface area contributed by atoms with Crippen LogP contribution in [0.1, 0.15) is 36.1 Å². The average molecular weight is 519 g/mol. The number of ether oxygens (including phenoxy) is 1. The quantitative estimate of drug-likeness (QED) is 0.536. The van der Waals surface area contributed by atoms with Crippen LogP contribution in [0.15, 0.2) is 41.5 Å². The second kappa shape index (κ2) is 11.0. The van der Waals surface area contributed by atoms with Crippen LogP contribution in [0, 0.1) is 11.8 Å². The first-order valence-corrected chi connectivity index (χ1v) is 13.0. The molecule has 37 heavy (non-hydrogen) atoms. The normalized spacial score (nSPS) is 24.9. The van der Waals surface area contributed by atoms with Gasteiger partial charge in [-0.05, 0) is 48.8 Å². The molecule has 0 aromatic carbocycles. The lowest BCUT2D eigenvalue weighted by Gasteiger charge is -2.30. The first-order chi connectivity index (χ1) is 17.8. The number of fused-ring (bicyclic) bond motifs is 1. The Kier molecular flexibility index (Phi) is 7.78. The zero-order chi connectivity index (χ0) is 26.0. The van der Waals surface area contributed by atoms with Crippen molar-refractivity contribution in [2.75, 3.05) is 39.4 Å². The van der Waals surface area contributed by atoms with Crippen molar-refractivity contribution in [2.45, 2.75) is 51.0 Å². The van der Waals surface area contributed by atoms with Crippen molar-refractivity contribution in [3.8, 4) is 0 Å². The Labute approximate surface area is 214 Å². The summed E-state index contributed by atoms with van der Waals surface area (Å²) in [6.45, 7) is 4.42. The largest absolute Gasteiger partial charge is 0.416 e. The van der Waals surface area contributed by atoms with Crippen molar-refractivity contribution >= 4 is 5.78 Å². The molecule has 10 heteroatoms. The van der Waals surface area contributed by atoms with Crippen molar-refractivity contribution in [1.82, 2.24) is 19.4 Å². The van der Waals surface area contributed by atoms with Crippen LogP contribution in [0.2, 0.25) is 0 Å². The minimum absolute atomic E-state index is 0.101. The molecule has 0 amide bonds. The Morgan fingerprint density at radius 2 is 2.00 bits per heavy atom. The SMILES string of the molecule is O=C(CC1CN(C2CCOC2)C[C@@H]1CCc1cccnc1)CN1CCn2c(cc(C(F)(F)F)cc2=O)C1. The number of likely N-dealkylation sites (tertiary alicyclic amines) is 1. The number of aryl methyl sites for hydroxylation is 1. The van der Waals surface area contributed by atoms with Crippen molar-refractivity contribution in [3.63, 3.8) is 0 Å². The smallest absolute Gasteiger partial charge is 0.380 e. The van der Waals surface area contributed by atoms with Gasteiger partial charge in [0, 0.05) is 75.9 Å². The minimum atomic E-state index is -4.57. The average Bonchev–Trinajstić information content (AvgIpc) is 3.53. The van der Waals surface area contributed by atoms with E-state index in [4.69, 9.17) is 4.74 Å². The molecule has 5 heterocycles. The second-order valence-corrected chi connectivity index (χ2v) is 10.6. The fraction of sp³-hybridized carbons (Fsp3) is 0.593. The van der Waals surface area contributed by atoms with E-state index in [1.165, 1.54) is 10.1 Å². The number of ketones is 1. The Bertz CT molecular complexity index is 1150. The fourth-order valence-corrected chi connectivity index (χ4v) is 6.03. The number of hydrogen-bond acceptors (Lipinski definition) is 6. The molecule has 3 aliphatic rings. The number of halogens is 3. The fourth-order valence-electron chi connectivity index (χ4n) is 6.03. The van der Waals surface area contributed by atoms with Gasteiger partial charge in [0.1, 0.15) is 5.78 Å². The highest BCUT2D eigenvalue weighted by atomic mass is 19.4. The first kappa shape index (κ1) is 26.1. The Morgan fingerprint density at radius 1 is 1.16 bits per heavy atom. The Balaban J connectivity index is 1.22. The van der Waals surface area contributed by atoms with Crippen molar-refractivity contribution < 1.29 is 22.7 Å². The summed E-state index contributed by atoms with van der Waals surface area (Å²) in [6, 6.07) is 6.10. The summed E-state index contributed by atoms with van der Waals surface area (Å²) in [4.78, 5) is 33.9. The van der Waals surface area contributed by atoms with Gasteiger partial charge in [0.15, 0.2) is 0 Å². The molecule has 2 aromatic heterocycles. The Hall–Kier alpha value is -2.56. The van der Waals surface area contributed by atoms with Gasteiger partial charge in [-0.3, -0.25) is 24.4 Å². The molecule has 2 saturated heterocycles. The molecule has 200 valence electrons. The van der Waals surface area contributed by atoms with Gasteiger partial charge in [-0.15, -0.1) is 0 Å². The van der Waals surface area contributed by atoms with Gasteiger partial charge in [-0.2, -0.15) is 13.2 Å². The molecule has 2 aromatic rings. The highest BCUT2D eigenvalue weighted by Gasteiger charge is 2.38. The molecular formula is C27H33F3N4O3. The number of pyridine rings is 2. The van der Waals surface area contributed by atoms with Crippen LogP contribution in [0.3, 0.4) is 0 Å². The zero-order valence-electron chi connectivity index (χ0n) is 20.8. The van der Waals surface area contributed by atoms with Crippen molar-refractivity contribution in [1.29, 1.82) is 0 Å². The van der Waals surface area contributed by atoms with Crippen LogP contribution >= 0.6 is 0 Å². The molecule has 0 saturated carbocycles. The summed E-state index contributed by atoms with van der Waals surface area (Å²) >= 11 is 0. The summed E-state index contributed by atoms with van der Waals surface area (Å²) in [5.74, 6) is 0.727. The van der Waals surface area contributed by atoms with E-state index in [1.54, 1.807) is 6.20 Å². The van der Waals surface area contributed by atoms with Crippen LogP contribution < -0.4 is 5.56 Å². The minimum Gasteiger partial charge on any atom is -0.380 e. The lowest BCUT2D eigenvalue weighted by molar-refractivity contribution is -0.138. The van der Waals surface area contributed by atoms with Crippen molar-refractivity contribution in [3.05, 3.63) is 63.8 Å². The van der Waals surface area contributed by atoms with Crippen LogP contribution in [0.4, 0.5) is 13.2 Å². The second-order valence-electron chi connectivity index (χ2n) is 10.6. The van der Waals surface area contributed by atoms with Gasteiger partial charge in [0.25, 0.3) is 5.56 Å². The number of hydrogen-bond donors (Lipinski definition) is 0. The van der Waals surface area contributed by atoms with Gasteiger partial charge in [-0.25, -0.2) is 0 Å². The van der Waals surface area contributed by atoms with E-state index in [0.29, 0.717) is 36.7 Å². The lowest BCUT2D eigenvalue weighted by atomic mass is 9.87. The maximum atomic E-state index is 13.2. The van der Waals surface area contributed by atoms with Crippen molar-refractivity contribution in [2.24, 2.45) is 11.8 Å². The molecule has 2 fully saturated rings. The van der Waals surface area contributed by atoms with Crippen LogP contribution in [-0.2, 0) is 35.2 Å². The molecule has 3 atom stereocenters. The third kappa shape index (κ3) is 6.30. The molecule has 3 aliphatic heterocycles. The van der Waals surface area contributed by atoms with E-state index in [1.807, 2.05) is 17.2 Å². The number of nitrogens with zero attached hydrogens (tertiary/aromatic N) is 4. The molecular weight excluding hydrogens is 485 g/mol. The predicted molar refractivity (Wildman–Crippen MR) is 131 cm³/mol. The van der Waals surface area contributed by atoms with Crippen LogP contribution in [0.25, 0.3) is 0 Å². The number of carbonyl (C=O) groups is 1. The number of Topliss-reactive ketones (excluding diaryl/α,β-unsaturated/α-hetero) is 1. The van der Waals surface area contributed by atoms with E-state index in [2.05, 4.69) is 16.0 Å². The topological polar surface area (TPSA) is 67.7 Å². The molecule has 2 unspecified atom stereocenters. The molecule has 0 bridgehead atoms. The van der Waals surface area contributed by atoms with Gasteiger partial charge in [0.05, 0.1) is 18.7 Å². The number of rotatable bonds is 8. The molecule has 0 aliphatic carbocycles. The summed E-state index contributed by atoms with van der Waals surface area (Å²) in [5, 5.41) is 0.